The van der Waals surface area contributed by atoms with Crippen molar-refractivity contribution in [2.24, 2.45) is 0 Å². The van der Waals surface area contributed by atoms with Crippen molar-refractivity contribution in [2.75, 3.05) is 27.2 Å². The number of hydrogen-bond acceptors (Lipinski definition) is 3. The molecule has 4 nitrogen and oxygen atoms in total. The number of rotatable bonds is 9. The zero-order valence-corrected chi connectivity index (χ0v) is 16.2. The van der Waals surface area contributed by atoms with Crippen LogP contribution < -0.4 is 0 Å². The van der Waals surface area contributed by atoms with Crippen LogP contribution in [0.25, 0.3) is 0 Å². The van der Waals surface area contributed by atoms with Gasteiger partial charge in [-0.25, -0.2) is 0 Å². The highest BCUT2D eigenvalue weighted by Crippen LogP contribution is 2.23. The monoisotopic (exact) mass is 382 g/mol. The summed E-state index contributed by atoms with van der Waals surface area (Å²) in [5.74, 6) is 0.942. The molecule has 0 aliphatic carbocycles. The Labute approximate surface area is 159 Å². The van der Waals surface area contributed by atoms with E-state index in [2.05, 4.69) is 4.90 Å². The van der Waals surface area contributed by atoms with Gasteiger partial charge >= 0.3 is 0 Å². The maximum absolute atomic E-state index is 12.7. The molecule has 1 aromatic carbocycles. The molecule has 2 aromatic rings. The molecule has 0 saturated carbocycles. The molecule has 0 spiro atoms. The fourth-order valence-corrected chi connectivity index (χ4v) is 2.89. The van der Waals surface area contributed by atoms with Crippen molar-refractivity contribution in [3.05, 3.63) is 58.0 Å². The lowest BCUT2D eigenvalue weighted by Crippen LogP contribution is -2.33. The van der Waals surface area contributed by atoms with Crippen molar-refractivity contribution >= 4 is 29.1 Å². The second-order valence-electron chi connectivity index (χ2n) is 6.30. The van der Waals surface area contributed by atoms with Crippen LogP contribution in [0, 0.1) is 0 Å². The Balaban J connectivity index is 1.99. The quantitative estimate of drug-likeness (QED) is 0.640. The van der Waals surface area contributed by atoms with Crippen LogP contribution in [0.1, 0.15) is 24.2 Å². The molecule has 136 valence electrons. The minimum atomic E-state index is 0.112. The lowest BCUT2D eigenvalue weighted by molar-refractivity contribution is -0.132. The topological polar surface area (TPSA) is 36.7 Å². The number of carbonyl (C=O) groups excluding carboxylic acids is 1. The summed E-state index contributed by atoms with van der Waals surface area (Å²) in [5, 5.41) is 1.03. The molecule has 1 heterocycles. The predicted molar refractivity (Wildman–Crippen MR) is 102 cm³/mol. The Bertz CT molecular complexity index is 672. The first-order valence-corrected chi connectivity index (χ1v) is 9.10. The molecular weight excluding hydrogens is 359 g/mol. The first-order valence-electron chi connectivity index (χ1n) is 8.34. The minimum absolute atomic E-state index is 0.112. The lowest BCUT2D eigenvalue weighted by Gasteiger charge is -2.24. The van der Waals surface area contributed by atoms with Crippen molar-refractivity contribution in [3.8, 4) is 0 Å². The summed E-state index contributed by atoms with van der Waals surface area (Å²) in [4.78, 5) is 16.7. The van der Waals surface area contributed by atoms with E-state index in [1.165, 1.54) is 0 Å². The molecular formula is C19H24Cl2N2O2. The van der Waals surface area contributed by atoms with Crippen LogP contribution in [0.15, 0.2) is 41.0 Å². The average Bonchev–Trinajstić information content (AvgIpc) is 3.08. The second kappa shape index (κ2) is 9.85. The first-order chi connectivity index (χ1) is 12.0. The summed E-state index contributed by atoms with van der Waals surface area (Å²) in [7, 11) is 4.06. The number of amides is 1. The number of nitrogens with zero attached hydrogens (tertiary/aromatic N) is 2. The highest BCUT2D eigenvalue weighted by Gasteiger charge is 2.15. The van der Waals surface area contributed by atoms with Crippen LogP contribution >= 0.6 is 23.2 Å². The first kappa shape index (κ1) is 19.8. The number of aryl methyl sites for hydroxylation is 1. The van der Waals surface area contributed by atoms with E-state index in [9.17, 15) is 4.79 Å². The standard InChI is InChI=1S/C19H24Cl2N2O2/c1-22(2)10-4-11-23(14-15-6-8-17(20)18(21)13-15)19(24)9-7-16-5-3-12-25-16/h3,5-6,8,12-13H,4,7,9-11,14H2,1-2H3. The van der Waals surface area contributed by atoms with Crippen LogP contribution in [0.3, 0.4) is 0 Å². The highest BCUT2D eigenvalue weighted by atomic mass is 35.5. The normalized spacial score (nSPS) is 11.1. The van der Waals surface area contributed by atoms with E-state index >= 15 is 0 Å². The number of furan rings is 1. The van der Waals surface area contributed by atoms with Gasteiger partial charge in [0.1, 0.15) is 5.76 Å². The molecule has 0 fully saturated rings. The molecule has 0 N–H and O–H groups in total. The molecule has 1 amide bonds. The molecule has 6 heteroatoms. The summed E-state index contributed by atoms with van der Waals surface area (Å²) in [6.45, 7) is 2.17. The summed E-state index contributed by atoms with van der Waals surface area (Å²) in [6.07, 6.45) is 3.58. The molecule has 25 heavy (non-hydrogen) atoms. The van der Waals surface area contributed by atoms with E-state index in [1.54, 1.807) is 12.3 Å². The van der Waals surface area contributed by atoms with Crippen LogP contribution in [0.2, 0.25) is 10.0 Å². The summed E-state index contributed by atoms with van der Waals surface area (Å²) in [5.41, 5.74) is 0.977. The minimum Gasteiger partial charge on any atom is -0.469 e. The van der Waals surface area contributed by atoms with E-state index in [0.717, 1.165) is 24.3 Å². The predicted octanol–water partition coefficient (Wildman–Crippen LogP) is 4.50. The van der Waals surface area contributed by atoms with Crippen LogP contribution in [-0.4, -0.2) is 42.9 Å². The van der Waals surface area contributed by atoms with Crippen molar-refractivity contribution in [1.29, 1.82) is 0 Å². The molecule has 1 aromatic heterocycles. The molecule has 0 saturated heterocycles. The third-order valence-corrected chi connectivity index (χ3v) is 4.65. The van der Waals surface area contributed by atoms with Gasteiger partial charge in [0.25, 0.3) is 0 Å². The zero-order chi connectivity index (χ0) is 18.2. The van der Waals surface area contributed by atoms with Gasteiger partial charge in [-0.05, 0) is 56.9 Å². The average molecular weight is 383 g/mol. The SMILES string of the molecule is CN(C)CCCN(Cc1ccc(Cl)c(Cl)c1)C(=O)CCc1ccco1. The van der Waals surface area contributed by atoms with Gasteiger partial charge in [-0.3, -0.25) is 4.79 Å². The molecule has 0 aliphatic heterocycles. The number of carbonyl (C=O) groups is 1. The molecule has 2 rings (SSSR count). The molecule has 0 unspecified atom stereocenters. The smallest absolute Gasteiger partial charge is 0.223 e. The molecule has 0 aliphatic rings. The van der Waals surface area contributed by atoms with Crippen LogP contribution in [0.4, 0.5) is 0 Å². The number of halogens is 2. The molecule has 0 atom stereocenters. The Morgan fingerprint density at radius 1 is 1.12 bits per heavy atom. The third-order valence-electron chi connectivity index (χ3n) is 3.91. The van der Waals surface area contributed by atoms with Crippen molar-refractivity contribution < 1.29 is 9.21 Å². The van der Waals surface area contributed by atoms with E-state index in [1.807, 2.05) is 43.3 Å². The van der Waals surface area contributed by atoms with Crippen molar-refractivity contribution in [1.82, 2.24) is 9.80 Å². The number of benzene rings is 1. The Hall–Kier alpha value is -1.49. The Morgan fingerprint density at radius 3 is 2.56 bits per heavy atom. The van der Waals surface area contributed by atoms with Crippen molar-refractivity contribution in [2.45, 2.75) is 25.8 Å². The van der Waals surface area contributed by atoms with E-state index < -0.39 is 0 Å². The van der Waals surface area contributed by atoms with E-state index in [-0.39, 0.29) is 5.91 Å². The molecule has 0 bridgehead atoms. The van der Waals surface area contributed by atoms with Gasteiger partial charge in [-0.2, -0.15) is 0 Å². The summed E-state index contributed by atoms with van der Waals surface area (Å²) >= 11 is 12.1. The fourth-order valence-electron chi connectivity index (χ4n) is 2.57. The van der Waals surface area contributed by atoms with Crippen molar-refractivity contribution in [3.63, 3.8) is 0 Å². The van der Waals surface area contributed by atoms with Gasteiger partial charge in [0.05, 0.1) is 16.3 Å². The maximum atomic E-state index is 12.7. The lowest BCUT2D eigenvalue weighted by atomic mass is 10.1. The van der Waals surface area contributed by atoms with Gasteiger partial charge in [0.15, 0.2) is 0 Å². The van der Waals surface area contributed by atoms with Gasteiger partial charge in [-0.1, -0.05) is 29.3 Å². The summed E-state index contributed by atoms with van der Waals surface area (Å²) < 4.78 is 5.31. The second-order valence-corrected chi connectivity index (χ2v) is 7.11. The van der Waals surface area contributed by atoms with Gasteiger partial charge in [0.2, 0.25) is 5.91 Å². The van der Waals surface area contributed by atoms with E-state index in [0.29, 0.717) is 36.0 Å². The van der Waals surface area contributed by atoms with Gasteiger partial charge in [0, 0.05) is 25.9 Å². The van der Waals surface area contributed by atoms with Crippen LogP contribution in [-0.2, 0) is 17.8 Å². The molecule has 0 radical (unpaired) electrons. The Morgan fingerprint density at radius 2 is 1.92 bits per heavy atom. The number of hydrogen-bond donors (Lipinski definition) is 0. The maximum Gasteiger partial charge on any atom is 0.223 e. The fraction of sp³-hybridized carbons (Fsp3) is 0.421. The highest BCUT2D eigenvalue weighted by molar-refractivity contribution is 6.42. The van der Waals surface area contributed by atoms with Crippen LogP contribution in [0.5, 0.6) is 0 Å². The summed E-state index contributed by atoms with van der Waals surface area (Å²) in [6, 6.07) is 9.23. The van der Waals surface area contributed by atoms with E-state index in [4.69, 9.17) is 27.6 Å². The van der Waals surface area contributed by atoms with Gasteiger partial charge in [-0.15, -0.1) is 0 Å². The Kier molecular flexibility index (Phi) is 7.82. The largest absolute Gasteiger partial charge is 0.469 e. The zero-order valence-electron chi connectivity index (χ0n) is 14.7. The third kappa shape index (κ3) is 6.73. The van der Waals surface area contributed by atoms with Gasteiger partial charge < -0.3 is 14.2 Å².